The fourth-order valence-corrected chi connectivity index (χ4v) is 2.37. The monoisotopic (exact) mass is 305 g/mol. The van der Waals surface area contributed by atoms with Gasteiger partial charge in [0, 0.05) is 24.3 Å². The lowest BCUT2D eigenvalue weighted by Crippen LogP contribution is -2.30. The fraction of sp³-hybridized carbons (Fsp3) is 0.500. The number of anilines is 1. The maximum absolute atomic E-state index is 12.2. The predicted octanol–water partition coefficient (Wildman–Crippen LogP) is 1.27. The van der Waals surface area contributed by atoms with Crippen molar-refractivity contribution in [3.63, 3.8) is 0 Å². The van der Waals surface area contributed by atoms with Gasteiger partial charge in [-0.3, -0.25) is 9.59 Å². The number of carbonyl (C=O) groups excluding carboxylic acids is 2. The number of hydrogen-bond donors (Lipinski definition) is 3. The molecule has 2 rings (SSSR count). The Balaban J connectivity index is 1.95. The molecule has 120 valence electrons. The zero-order valence-electron chi connectivity index (χ0n) is 12.8. The number of hydrogen-bond acceptors (Lipinski definition) is 4. The van der Waals surface area contributed by atoms with E-state index in [9.17, 15) is 9.59 Å². The second kappa shape index (κ2) is 7.91. The SMILES string of the molecule is CCCNC(=O)c1cccc(NC(=O)[C@@H]2CC[C@H](CN)O2)c1. The third-order valence-corrected chi connectivity index (χ3v) is 3.59. The van der Waals surface area contributed by atoms with Crippen LogP contribution in [0.1, 0.15) is 36.5 Å². The summed E-state index contributed by atoms with van der Waals surface area (Å²) >= 11 is 0. The average Bonchev–Trinajstić information content (AvgIpc) is 3.02. The van der Waals surface area contributed by atoms with Crippen LogP contribution in [0.3, 0.4) is 0 Å². The molecule has 2 atom stereocenters. The molecule has 1 aliphatic heterocycles. The highest BCUT2D eigenvalue weighted by Crippen LogP contribution is 2.20. The quantitative estimate of drug-likeness (QED) is 0.738. The Hall–Kier alpha value is -1.92. The summed E-state index contributed by atoms with van der Waals surface area (Å²) in [6, 6.07) is 6.88. The third-order valence-electron chi connectivity index (χ3n) is 3.59. The Bertz CT molecular complexity index is 533. The van der Waals surface area contributed by atoms with Gasteiger partial charge in [-0.05, 0) is 37.5 Å². The molecule has 22 heavy (non-hydrogen) atoms. The maximum Gasteiger partial charge on any atom is 0.253 e. The molecule has 0 saturated carbocycles. The summed E-state index contributed by atoms with van der Waals surface area (Å²) in [5.74, 6) is -0.333. The number of rotatable bonds is 6. The molecule has 1 aliphatic rings. The van der Waals surface area contributed by atoms with Crippen LogP contribution in [0.4, 0.5) is 5.69 Å². The van der Waals surface area contributed by atoms with E-state index < -0.39 is 6.10 Å². The minimum absolute atomic E-state index is 0.0399. The number of carbonyl (C=O) groups is 2. The molecular formula is C16H23N3O3. The lowest BCUT2D eigenvalue weighted by atomic mass is 10.1. The summed E-state index contributed by atoms with van der Waals surface area (Å²) in [5.41, 5.74) is 6.66. The van der Waals surface area contributed by atoms with Gasteiger partial charge in [-0.15, -0.1) is 0 Å². The van der Waals surface area contributed by atoms with E-state index in [1.807, 2.05) is 6.92 Å². The first kappa shape index (κ1) is 16.5. The lowest BCUT2D eigenvalue weighted by molar-refractivity contribution is -0.126. The van der Waals surface area contributed by atoms with Gasteiger partial charge in [-0.2, -0.15) is 0 Å². The highest BCUT2D eigenvalue weighted by Gasteiger charge is 2.29. The van der Waals surface area contributed by atoms with Crippen molar-refractivity contribution in [2.24, 2.45) is 5.73 Å². The van der Waals surface area contributed by atoms with Gasteiger partial charge in [0.1, 0.15) is 6.10 Å². The van der Waals surface area contributed by atoms with E-state index in [0.29, 0.717) is 30.8 Å². The van der Waals surface area contributed by atoms with Gasteiger partial charge in [0.05, 0.1) is 6.10 Å². The zero-order valence-corrected chi connectivity index (χ0v) is 12.8. The zero-order chi connectivity index (χ0) is 15.9. The molecule has 1 aromatic rings. The molecule has 0 radical (unpaired) electrons. The second-order valence-electron chi connectivity index (χ2n) is 5.39. The molecule has 2 amide bonds. The first-order chi connectivity index (χ1) is 10.6. The first-order valence-corrected chi connectivity index (χ1v) is 7.68. The van der Waals surface area contributed by atoms with E-state index in [0.717, 1.165) is 12.8 Å². The fourth-order valence-electron chi connectivity index (χ4n) is 2.37. The number of ether oxygens (including phenoxy) is 1. The van der Waals surface area contributed by atoms with E-state index in [1.54, 1.807) is 24.3 Å². The Labute approximate surface area is 130 Å². The van der Waals surface area contributed by atoms with Crippen molar-refractivity contribution in [3.05, 3.63) is 29.8 Å². The van der Waals surface area contributed by atoms with Crippen LogP contribution in [-0.2, 0) is 9.53 Å². The molecule has 0 unspecified atom stereocenters. The second-order valence-corrected chi connectivity index (χ2v) is 5.39. The van der Waals surface area contributed by atoms with Crippen LogP contribution in [0.2, 0.25) is 0 Å². The van der Waals surface area contributed by atoms with Crippen molar-refractivity contribution in [2.45, 2.75) is 38.4 Å². The predicted molar refractivity (Wildman–Crippen MR) is 84.6 cm³/mol. The van der Waals surface area contributed by atoms with Crippen LogP contribution in [0, 0.1) is 0 Å². The molecule has 1 aromatic carbocycles. The minimum atomic E-state index is -0.467. The highest BCUT2D eigenvalue weighted by atomic mass is 16.5. The van der Waals surface area contributed by atoms with Gasteiger partial charge >= 0.3 is 0 Å². The van der Waals surface area contributed by atoms with Gasteiger partial charge in [0.2, 0.25) is 0 Å². The van der Waals surface area contributed by atoms with E-state index in [4.69, 9.17) is 10.5 Å². The van der Waals surface area contributed by atoms with E-state index >= 15 is 0 Å². The van der Waals surface area contributed by atoms with E-state index in [2.05, 4.69) is 10.6 Å². The molecule has 0 aliphatic carbocycles. The van der Waals surface area contributed by atoms with E-state index in [-0.39, 0.29) is 17.9 Å². The Morgan fingerprint density at radius 3 is 2.86 bits per heavy atom. The summed E-state index contributed by atoms with van der Waals surface area (Å²) in [6.45, 7) is 3.05. The van der Waals surface area contributed by atoms with Gasteiger partial charge < -0.3 is 21.1 Å². The maximum atomic E-state index is 12.2. The molecule has 4 N–H and O–H groups in total. The van der Waals surface area contributed by atoms with Crippen LogP contribution in [0.5, 0.6) is 0 Å². The van der Waals surface area contributed by atoms with Crippen LogP contribution in [-0.4, -0.2) is 37.1 Å². The third kappa shape index (κ3) is 4.29. The van der Waals surface area contributed by atoms with Gasteiger partial charge in [-0.1, -0.05) is 13.0 Å². The summed E-state index contributed by atoms with van der Waals surface area (Å²) in [7, 11) is 0. The molecule has 0 aromatic heterocycles. The number of benzene rings is 1. The number of amides is 2. The topological polar surface area (TPSA) is 93.5 Å². The van der Waals surface area contributed by atoms with Crippen LogP contribution in [0.25, 0.3) is 0 Å². The van der Waals surface area contributed by atoms with Gasteiger partial charge in [0.25, 0.3) is 11.8 Å². The van der Waals surface area contributed by atoms with Gasteiger partial charge in [0.15, 0.2) is 0 Å². The van der Waals surface area contributed by atoms with Crippen molar-refractivity contribution in [2.75, 3.05) is 18.4 Å². The van der Waals surface area contributed by atoms with Crippen LogP contribution in [0.15, 0.2) is 24.3 Å². The van der Waals surface area contributed by atoms with Crippen molar-refractivity contribution in [3.8, 4) is 0 Å². The molecule has 0 bridgehead atoms. The molecule has 6 nitrogen and oxygen atoms in total. The Morgan fingerprint density at radius 1 is 1.36 bits per heavy atom. The smallest absolute Gasteiger partial charge is 0.253 e. The molecule has 1 fully saturated rings. The lowest BCUT2D eigenvalue weighted by Gasteiger charge is -2.13. The van der Waals surface area contributed by atoms with Crippen LogP contribution >= 0.6 is 0 Å². The molecular weight excluding hydrogens is 282 g/mol. The molecule has 1 heterocycles. The molecule has 0 spiro atoms. The van der Waals surface area contributed by atoms with E-state index in [1.165, 1.54) is 0 Å². The summed E-state index contributed by atoms with van der Waals surface area (Å²) in [6.07, 6.45) is 1.84. The van der Waals surface area contributed by atoms with Crippen molar-refractivity contribution in [1.29, 1.82) is 0 Å². The molecule has 6 heteroatoms. The highest BCUT2D eigenvalue weighted by molar-refractivity contribution is 5.98. The molecule has 1 saturated heterocycles. The van der Waals surface area contributed by atoms with Gasteiger partial charge in [-0.25, -0.2) is 0 Å². The summed E-state index contributed by atoms with van der Waals surface area (Å²) in [5, 5.41) is 5.60. The summed E-state index contributed by atoms with van der Waals surface area (Å²) in [4.78, 5) is 24.1. The average molecular weight is 305 g/mol. The number of nitrogens with two attached hydrogens (primary N) is 1. The van der Waals surface area contributed by atoms with Crippen LogP contribution < -0.4 is 16.4 Å². The van der Waals surface area contributed by atoms with Crippen molar-refractivity contribution in [1.82, 2.24) is 5.32 Å². The van der Waals surface area contributed by atoms with Crippen molar-refractivity contribution >= 4 is 17.5 Å². The largest absolute Gasteiger partial charge is 0.364 e. The Morgan fingerprint density at radius 2 is 2.18 bits per heavy atom. The standard InChI is InChI=1S/C16H23N3O3/c1-2-8-18-15(20)11-4-3-5-12(9-11)19-16(21)14-7-6-13(10-17)22-14/h3-5,9,13-14H,2,6-8,10,17H2,1H3,(H,18,20)(H,19,21)/t13-,14+/m1/s1. The van der Waals surface area contributed by atoms with Crippen molar-refractivity contribution < 1.29 is 14.3 Å². The first-order valence-electron chi connectivity index (χ1n) is 7.68. The normalized spacial score (nSPS) is 20.6. The minimum Gasteiger partial charge on any atom is -0.364 e. The Kier molecular flexibility index (Phi) is 5.91. The number of nitrogens with one attached hydrogen (secondary N) is 2. The summed E-state index contributed by atoms with van der Waals surface area (Å²) < 4.78 is 5.56.